The van der Waals surface area contributed by atoms with Crippen molar-refractivity contribution in [2.24, 2.45) is 0 Å². The average Bonchev–Trinajstić information content (AvgIpc) is 3.37. The van der Waals surface area contributed by atoms with E-state index < -0.39 is 5.60 Å². The number of carbonyl (C=O) groups is 2. The van der Waals surface area contributed by atoms with Crippen LogP contribution in [0.2, 0.25) is 0 Å². The van der Waals surface area contributed by atoms with E-state index in [2.05, 4.69) is 25.7 Å². The Labute approximate surface area is 155 Å². The molecule has 1 unspecified atom stereocenters. The molecule has 0 aromatic carbocycles. The van der Waals surface area contributed by atoms with Crippen LogP contribution >= 0.6 is 0 Å². The summed E-state index contributed by atoms with van der Waals surface area (Å²) in [6, 6.07) is 1.91. The van der Waals surface area contributed by atoms with Crippen molar-refractivity contribution in [2.75, 3.05) is 13.1 Å². The third-order valence-corrected chi connectivity index (χ3v) is 5.76. The molecule has 2 aromatic heterocycles. The largest absolute Gasteiger partial charge is 0.363 e. The van der Waals surface area contributed by atoms with Gasteiger partial charge in [-0.1, -0.05) is 0 Å². The van der Waals surface area contributed by atoms with E-state index in [4.69, 9.17) is 4.74 Å². The first-order valence-electron chi connectivity index (χ1n) is 9.29. The van der Waals surface area contributed by atoms with Crippen molar-refractivity contribution < 1.29 is 14.3 Å². The second-order valence-corrected chi connectivity index (χ2v) is 7.55. The van der Waals surface area contributed by atoms with Crippen molar-refractivity contribution >= 4 is 11.8 Å². The zero-order valence-corrected chi connectivity index (χ0v) is 14.8. The molecule has 10 nitrogen and oxygen atoms in total. The molecule has 27 heavy (non-hydrogen) atoms. The van der Waals surface area contributed by atoms with Crippen molar-refractivity contribution in [1.29, 1.82) is 0 Å². The summed E-state index contributed by atoms with van der Waals surface area (Å²) in [5, 5.41) is 17.8. The molecule has 1 spiro atoms. The van der Waals surface area contributed by atoms with Crippen LogP contribution in [0.3, 0.4) is 0 Å². The van der Waals surface area contributed by atoms with Gasteiger partial charge in [0, 0.05) is 18.8 Å². The van der Waals surface area contributed by atoms with Gasteiger partial charge in [-0.25, -0.2) is 0 Å². The fourth-order valence-electron chi connectivity index (χ4n) is 3.94. The first-order valence-corrected chi connectivity index (χ1v) is 9.29. The van der Waals surface area contributed by atoms with Gasteiger partial charge in [0.15, 0.2) is 5.82 Å². The van der Waals surface area contributed by atoms with Crippen LogP contribution in [0.5, 0.6) is 0 Å². The Morgan fingerprint density at radius 2 is 2.19 bits per heavy atom. The van der Waals surface area contributed by atoms with Crippen molar-refractivity contribution in [3.05, 3.63) is 29.6 Å². The Bertz CT molecular complexity index is 873. The summed E-state index contributed by atoms with van der Waals surface area (Å²) >= 11 is 0. The first kappa shape index (κ1) is 16.4. The number of likely N-dealkylation sites (tertiary alicyclic amines) is 1. The minimum Gasteiger partial charge on any atom is -0.363 e. The molecule has 2 aliphatic heterocycles. The summed E-state index contributed by atoms with van der Waals surface area (Å²) < 4.78 is 7.93. The second kappa shape index (κ2) is 6.15. The molecule has 5 rings (SSSR count). The second-order valence-electron chi connectivity index (χ2n) is 7.55. The van der Waals surface area contributed by atoms with Crippen molar-refractivity contribution in [2.45, 2.75) is 50.5 Å². The molecule has 0 radical (unpaired) electrons. The molecule has 10 heteroatoms. The number of carbonyl (C=O) groups excluding carboxylic acids is 2. The predicted molar refractivity (Wildman–Crippen MR) is 91.8 cm³/mol. The van der Waals surface area contributed by atoms with E-state index >= 15 is 0 Å². The summed E-state index contributed by atoms with van der Waals surface area (Å²) in [4.78, 5) is 26.9. The van der Waals surface area contributed by atoms with E-state index in [0.717, 1.165) is 19.3 Å². The number of H-pyrrole nitrogens is 1. The molecule has 1 aliphatic carbocycles. The Kier molecular flexibility index (Phi) is 3.74. The highest BCUT2D eigenvalue weighted by Gasteiger charge is 2.45. The summed E-state index contributed by atoms with van der Waals surface area (Å²) in [6.07, 6.45) is 5.45. The van der Waals surface area contributed by atoms with E-state index in [1.54, 1.807) is 17.2 Å². The van der Waals surface area contributed by atoms with Crippen LogP contribution < -0.4 is 5.32 Å². The highest BCUT2D eigenvalue weighted by Crippen LogP contribution is 2.33. The lowest BCUT2D eigenvalue weighted by Crippen LogP contribution is -2.46. The van der Waals surface area contributed by atoms with Gasteiger partial charge in [0.25, 0.3) is 11.8 Å². The number of aromatic nitrogens is 5. The van der Waals surface area contributed by atoms with Crippen LogP contribution in [0.4, 0.5) is 0 Å². The van der Waals surface area contributed by atoms with Gasteiger partial charge in [-0.15, -0.1) is 10.2 Å². The van der Waals surface area contributed by atoms with Gasteiger partial charge in [-0.05, 0) is 31.7 Å². The minimum absolute atomic E-state index is 0.0922. The molecule has 1 saturated heterocycles. The van der Waals surface area contributed by atoms with Gasteiger partial charge in [0.2, 0.25) is 5.82 Å². The number of rotatable bonds is 3. The van der Waals surface area contributed by atoms with Crippen molar-refractivity contribution in [1.82, 2.24) is 35.2 Å². The highest BCUT2D eigenvalue weighted by atomic mass is 16.5. The quantitative estimate of drug-likeness (QED) is 0.790. The minimum atomic E-state index is -0.517. The molecule has 1 saturated carbocycles. The van der Waals surface area contributed by atoms with Gasteiger partial charge in [0.05, 0.1) is 13.1 Å². The monoisotopic (exact) mass is 371 g/mol. The number of nitrogens with one attached hydrogen (secondary N) is 2. The maximum absolute atomic E-state index is 12.6. The number of ether oxygens (including phenoxy) is 1. The third-order valence-electron chi connectivity index (χ3n) is 5.76. The Morgan fingerprint density at radius 1 is 1.30 bits per heavy atom. The number of aromatic amines is 1. The van der Waals surface area contributed by atoms with Gasteiger partial charge < -0.3 is 19.5 Å². The Balaban J connectivity index is 1.32. The van der Waals surface area contributed by atoms with Crippen LogP contribution in [0.25, 0.3) is 0 Å². The highest BCUT2D eigenvalue weighted by molar-refractivity contribution is 5.92. The lowest BCUT2D eigenvalue weighted by Gasteiger charge is -2.34. The lowest BCUT2D eigenvalue weighted by molar-refractivity contribution is -0.0812. The average molecular weight is 371 g/mol. The number of nitrogens with zero attached hydrogens (tertiary/aromatic N) is 5. The molecule has 4 heterocycles. The molecular formula is C17H21N7O3. The van der Waals surface area contributed by atoms with Crippen LogP contribution in [0.15, 0.2) is 12.3 Å². The number of hydrogen-bond acceptors (Lipinski definition) is 6. The standard InChI is InChI=1S/C17H21N7O3/c25-15(19-11-2-1-3-11)14-22-21-13-8-27-17(10-24(13)14)5-7-23(9-17)16(26)12-4-6-18-20-12/h4,6,11H,1-3,5,7-10H2,(H,18,20)(H,19,25). The third kappa shape index (κ3) is 2.80. The lowest BCUT2D eigenvalue weighted by atomic mass is 9.93. The Morgan fingerprint density at radius 3 is 2.93 bits per heavy atom. The fraction of sp³-hybridized carbons (Fsp3) is 0.588. The zero-order valence-electron chi connectivity index (χ0n) is 14.8. The maximum atomic E-state index is 12.6. The first-order chi connectivity index (χ1) is 13.1. The number of amides is 2. The SMILES string of the molecule is O=C(NC1CCC1)c1nnc2n1CC1(CCN(C(=O)c3ccn[nH]3)C1)OC2. The van der Waals surface area contributed by atoms with E-state index in [0.29, 0.717) is 43.4 Å². The van der Waals surface area contributed by atoms with Gasteiger partial charge in [-0.3, -0.25) is 14.7 Å². The molecule has 2 amide bonds. The van der Waals surface area contributed by atoms with Crippen LogP contribution in [0.1, 0.15) is 52.6 Å². The Hall–Kier alpha value is -2.75. The summed E-state index contributed by atoms with van der Waals surface area (Å²) in [5.74, 6) is 0.708. The smallest absolute Gasteiger partial charge is 0.289 e. The summed E-state index contributed by atoms with van der Waals surface area (Å²) in [5.41, 5.74) is -0.0512. The zero-order chi connectivity index (χ0) is 18.4. The summed E-state index contributed by atoms with van der Waals surface area (Å²) in [6.45, 7) is 1.82. The normalized spacial score (nSPS) is 24.7. The maximum Gasteiger partial charge on any atom is 0.289 e. The van der Waals surface area contributed by atoms with Gasteiger partial charge >= 0.3 is 0 Å². The van der Waals surface area contributed by atoms with Crippen LogP contribution in [0, 0.1) is 0 Å². The topological polar surface area (TPSA) is 118 Å². The molecular weight excluding hydrogens is 350 g/mol. The molecule has 2 N–H and O–H groups in total. The van der Waals surface area contributed by atoms with E-state index in [9.17, 15) is 9.59 Å². The molecule has 2 aromatic rings. The molecule has 2 fully saturated rings. The van der Waals surface area contributed by atoms with Crippen LogP contribution in [-0.2, 0) is 17.9 Å². The van der Waals surface area contributed by atoms with E-state index in [1.165, 1.54) is 0 Å². The summed E-state index contributed by atoms with van der Waals surface area (Å²) in [7, 11) is 0. The molecule has 142 valence electrons. The van der Waals surface area contributed by atoms with Gasteiger partial charge in [0.1, 0.15) is 17.9 Å². The predicted octanol–water partition coefficient (Wildman–Crippen LogP) is 0.0986. The van der Waals surface area contributed by atoms with Gasteiger partial charge in [-0.2, -0.15) is 5.10 Å². The van der Waals surface area contributed by atoms with E-state index in [1.807, 2.05) is 4.57 Å². The fourth-order valence-corrected chi connectivity index (χ4v) is 3.94. The van der Waals surface area contributed by atoms with E-state index in [-0.39, 0.29) is 24.5 Å². The van der Waals surface area contributed by atoms with Crippen LogP contribution in [-0.4, -0.2) is 66.4 Å². The van der Waals surface area contributed by atoms with Crippen molar-refractivity contribution in [3.63, 3.8) is 0 Å². The molecule has 0 bridgehead atoms. The number of hydrogen-bond donors (Lipinski definition) is 2. The molecule has 3 aliphatic rings. The van der Waals surface area contributed by atoms with Crippen molar-refractivity contribution in [3.8, 4) is 0 Å². The molecule has 1 atom stereocenters. The number of fused-ring (bicyclic) bond motifs is 1.